The Balaban J connectivity index is 1.68. The molecule has 3 aromatic rings. The number of hydrogen-bond donors (Lipinski definition) is 1. The van der Waals surface area contributed by atoms with Gasteiger partial charge in [0.25, 0.3) is 0 Å². The van der Waals surface area contributed by atoms with Crippen LogP contribution in [0.2, 0.25) is 0 Å². The second-order valence-electron chi connectivity index (χ2n) is 7.41. The van der Waals surface area contributed by atoms with Crippen molar-refractivity contribution in [2.24, 2.45) is 5.92 Å². The van der Waals surface area contributed by atoms with E-state index >= 15 is 0 Å². The van der Waals surface area contributed by atoms with E-state index < -0.39 is 0 Å². The lowest BCUT2D eigenvalue weighted by molar-refractivity contribution is -0.113. The summed E-state index contributed by atoms with van der Waals surface area (Å²) in [7, 11) is 1.63. The first kappa shape index (κ1) is 23.1. The number of aromatic nitrogens is 4. The van der Waals surface area contributed by atoms with Gasteiger partial charge in [0.15, 0.2) is 22.2 Å². The van der Waals surface area contributed by atoms with Crippen molar-refractivity contribution < 1.29 is 14.3 Å². The average molecular weight is 462 g/mol. The van der Waals surface area contributed by atoms with Crippen LogP contribution in [0.25, 0.3) is 0 Å². The lowest BCUT2D eigenvalue weighted by Gasteiger charge is -2.18. The fourth-order valence-corrected chi connectivity index (χ4v) is 4.31. The molecular weight excluding hydrogens is 434 g/mol. The summed E-state index contributed by atoms with van der Waals surface area (Å²) in [5.41, 5.74) is 0.889. The van der Waals surface area contributed by atoms with Gasteiger partial charge in [0.05, 0.1) is 18.6 Å². The van der Waals surface area contributed by atoms with Crippen LogP contribution in [0.3, 0.4) is 0 Å². The molecule has 1 amide bonds. The maximum Gasteiger partial charge on any atom is 0.236 e. The van der Waals surface area contributed by atoms with Crippen molar-refractivity contribution in [3.8, 4) is 11.5 Å². The minimum atomic E-state index is -0.305. The van der Waals surface area contributed by atoms with Crippen LogP contribution in [0.1, 0.15) is 38.4 Å². The van der Waals surface area contributed by atoms with Crippen molar-refractivity contribution in [2.45, 2.75) is 45.5 Å². The van der Waals surface area contributed by atoms with E-state index in [4.69, 9.17) is 9.47 Å². The molecule has 8 nitrogen and oxygen atoms in total. The Bertz CT molecular complexity index is 1000. The number of thiazole rings is 1. The van der Waals surface area contributed by atoms with Crippen LogP contribution >= 0.6 is 23.1 Å². The molecule has 0 aliphatic rings. The number of rotatable bonds is 10. The van der Waals surface area contributed by atoms with Crippen molar-refractivity contribution in [1.82, 2.24) is 19.7 Å². The molecule has 0 aliphatic heterocycles. The molecule has 1 aromatic carbocycles. The van der Waals surface area contributed by atoms with Gasteiger partial charge in [-0.1, -0.05) is 25.6 Å². The number of anilines is 1. The maximum atomic E-state index is 12.3. The molecule has 1 N–H and O–H groups in total. The van der Waals surface area contributed by atoms with E-state index in [0.717, 1.165) is 29.6 Å². The number of carbonyl (C=O) groups excluding carboxylic acids is 1. The lowest BCUT2D eigenvalue weighted by Crippen LogP contribution is -2.17. The minimum Gasteiger partial charge on any atom is -0.497 e. The molecule has 0 saturated heterocycles. The van der Waals surface area contributed by atoms with E-state index in [1.54, 1.807) is 7.11 Å². The molecule has 166 valence electrons. The Morgan fingerprint density at radius 1 is 1.19 bits per heavy atom. The Kier molecular flexibility index (Phi) is 7.91. The molecule has 2 heterocycles. The molecule has 0 bridgehead atoms. The summed E-state index contributed by atoms with van der Waals surface area (Å²) in [4.78, 5) is 16.6. The van der Waals surface area contributed by atoms with E-state index in [1.807, 2.05) is 48.1 Å². The van der Waals surface area contributed by atoms with Gasteiger partial charge in [-0.05, 0) is 44.0 Å². The highest BCUT2D eigenvalue weighted by Crippen LogP contribution is 2.27. The third kappa shape index (κ3) is 6.44. The highest BCUT2D eigenvalue weighted by atomic mass is 32.2. The van der Waals surface area contributed by atoms with Crippen molar-refractivity contribution >= 4 is 34.1 Å². The highest BCUT2D eigenvalue weighted by molar-refractivity contribution is 7.99. The molecule has 0 aliphatic carbocycles. The van der Waals surface area contributed by atoms with Gasteiger partial charge < -0.3 is 19.4 Å². The summed E-state index contributed by atoms with van der Waals surface area (Å²) < 4.78 is 13.3. The molecule has 1 unspecified atom stereocenters. The van der Waals surface area contributed by atoms with E-state index in [1.165, 1.54) is 23.1 Å². The first-order valence-electron chi connectivity index (χ1n) is 9.94. The van der Waals surface area contributed by atoms with Gasteiger partial charge in [0.1, 0.15) is 11.5 Å². The van der Waals surface area contributed by atoms with E-state index in [9.17, 15) is 4.79 Å². The fraction of sp³-hybridized carbons (Fsp3) is 0.429. The molecule has 31 heavy (non-hydrogen) atoms. The number of carbonyl (C=O) groups is 1. The van der Waals surface area contributed by atoms with Crippen molar-refractivity contribution in [3.63, 3.8) is 0 Å². The smallest absolute Gasteiger partial charge is 0.236 e. The van der Waals surface area contributed by atoms with Crippen LogP contribution in [0.4, 0.5) is 5.13 Å². The van der Waals surface area contributed by atoms with Gasteiger partial charge in [-0.25, -0.2) is 4.98 Å². The molecule has 3 rings (SSSR count). The van der Waals surface area contributed by atoms with Crippen molar-refractivity contribution in [3.05, 3.63) is 41.2 Å². The number of nitrogens with one attached hydrogen (secondary N) is 1. The second kappa shape index (κ2) is 10.6. The zero-order chi connectivity index (χ0) is 22.4. The van der Waals surface area contributed by atoms with Gasteiger partial charge >= 0.3 is 0 Å². The van der Waals surface area contributed by atoms with Gasteiger partial charge in [-0.15, -0.1) is 21.5 Å². The number of thioether (sulfide) groups is 1. The van der Waals surface area contributed by atoms with Gasteiger partial charge in [-0.3, -0.25) is 4.79 Å². The monoisotopic (exact) mass is 461 g/mol. The molecule has 0 saturated carbocycles. The molecule has 0 fully saturated rings. The first-order valence-corrected chi connectivity index (χ1v) is 11.8. The highest BCUT2D eigenvalue weighted by Gasteiger charge is 2.21. The summed E-state index contributed by atoms with van der Waals surface area (Å²) in [6.07, 6.45) is -0.305. The standard InChI is InChI=1S/C21H27N5O3S2/c1-13(2)10-26-19(15(4)29-17-8-6-16(28-5)7-9-17)24-25-21(26)31-12-18(27)23-20-22-14(3)11-30-20/h6-9,11,13,15H,10,12H2,1-5H3,(H,22,23,27). The van der Waals surface area contributed by atoms with E-state index in [2.05, 4.69) is 34.3 Å². The van der Waals surface area contributed by atoms with Gasteiger partial charge in [0, 0.05) is 11.9 Å². The third-order valence-corrected chi connectivity index (χ3v) is 6.07. The van der Waals surface area contributed by atoms with Crippen LogP contribution in [-0.4, -0.2) is 38.5 Å². The number of nitrogens with zero attached hydrogens (tertiary/aromatic N) is 4. The van der Waals surface area contributed by atoms with Crippen LogP contribution < -0.4 is 14.8 Å². The number of methoxy groups -OCH3 is 1. The topological polar surface area (TPSA) is 91.2 Å². The van der Waals surface area contributed by atoms with Crippen LogP contribution in [-0.2, 0) is 11.3 Å². The Hall–Kier alpha value is -2.59. The van der Waals surface area contributed by atoms with E-state index in [0.29, 0.717) is 16.2 Å². The van der Waals surface area contributed by atoms with Crippen molar-refractivity contribution in [2.75, 3.05) is 18.2 Å². The Morgan fingerprint density at radius 3 is 2.52 bits per heavy atom. The minimum absolute atomic E-state index is 0.123. The summed E-state index contributed by atoms with van der Waals surface area (Å²) in [5, 5.41) is 14.7. The molecule has 10 heteroatoms. The lowest BCUT2D eigenvalue weighted by atomic mass is 10.2. The van der Waals surface area contributed by atoms with Crippen LogP contribution in [0.15, 0.2) is 34.8 Å². The second-order valence-corrected chi connectivity index (χ2v) is 9.21. The van der Waals surface area contributed by atoms with Gasteiger partial charge in [-0.2, -0.15) is 0 Å². The quantitative estimate of drug-likeness (QED) is 0.442. The van der Waals surface area contributed by atoms with Crippen LogP contribution in [0, 0.1) is 12.8 Å². The van der Waals surface area contributed by atoms with Crippen LogP contribution in [0.5, 0.6) is 11.5 Å². The molecular formula is C21H27N5O3S2. The predicted octanol–water partition coefficient (Wildman–Crippen LogP) is 4.58. The predicted molar refractivity (Wildman–Crippen MR) is 123 cm³/mol. The number of ether oxygens (including phenoxy) is 2. The fourth-order valence-electron chi connectivity index (χ4n) is 2.85. The summed E-state index contributed by atoms with van der Waals surface area (Å²) in [6.45, 7) is 8.83. The zero-order valence-corrected chi connectivity index (χ0v) is 19.9. The normalized spacial score (nSPS) is 12.1. The number of hydrogen-bond acceptors (Lipinski definition) is 8. The zero-order valence-electron chi connectivity index (χ0n) is 18.3. The summed E-state index contributed by atoms with van der Waals surface area (Å²) in [5.74, 6) is 2.70. The maximum absolute atomic E-state index is 12.3. The Morgan fingerprint density at radius 2 is 1.90 bits per heavy atom. The summed E-state index contributed by atoms with van der Waals surface area (Å²) >= 11 is 2.77. The van der Waals surface area contributed by atoms with Crippen molar-refractivity contribution in [1.29, 1.82) is 0 Å². The summed E-state index contributed by atoms with van der Waals surface area (Å²) in [6, 6.07) is 7.42. The third-order valence-electron chi connectivity index (χ3n) is 4.23. The molecule has 2 aromatic heterocycles. The molecule has 0 radical (unpaired) electrons. The van der Waals surface area contributed by atoms with Gasteiger partial charge in [0.2, 0.25) is 5.91 Å². The average Bonchev–Trinajstić information content (AvgIpc) is 3.32. The Labute approximate surface area is 190 Å². The SMILES string of the molecule is COc1ccc(OC(C)c2nnc(SCC(=O)Nc3nc(C)cs3)n2CC(C)C)cc1. The molecule has 0 spiro atoms. The molecule has 1 atom stereocenters. The number of benzene rings is 1. The largest absolute Gasteiger partial charge is 0.497 e. The number of amides is 1. The number of aryl methyl sites for hydroxylation is 1. The first-order chi connectivity index (χ1) is 14.9. The van der Waals surface area contributed by atoms with E-state index in [-0.39, 0.29) is 17.8 Å².